The van der Waals surface area contributed by atoms with Crippen molar-refractivity contribution in [2.75, 3.05) is 6.61 Å². The summed E-state index contributed by atoms with van der Waals surface area (Å²) in [7, 11) is 0. The van der Waals surface area contributed by atoms with E-state index in [0.29, 0.717) is 6.61 Å². The predicted octanol–water partition coefficient (Wildman–Crippen LogP) is 3.85. The average Bonchev–Trinajstić information content (AvgIpc) is 3.16. The van der Waals surface area contributed by atoms with Crippen LogP contribution in [0.1, 0.15) is 25.3 Å². The standard InChI is InChI=1S/C16H19NO/c1-3-18-13(2)16-15(17-16)12-8-7-11-14-9-5-4-6-10-14/h4-7,9-11,16H,2-3,8,12H2,1H3/b11-7+. The van der Waals surface area contributed by atoms with Crippen LogP contribution in [0.5, 0.6) is 0 Å². The Morgan fingerprint density at radius 1 is 1.39 bits per heavy atom. The van der Waals surface area contributed by atoms with Gasteiger partial charge in [-0.3, -0.25) is 4.99 Å². The van der Waals surface area contributed by atoms with E-state index in [0.717, 1.165) is 18.6 Å². The summed E-state index contributed by atoms with van der Waals surface area (Å²) in [5, 5.41) is 0. The van der Waals surface area contributed by atoms with Crippen molar-refractivity contribution in [2.24, 2.45) is 4.99 Å². The van der Waals surface area contributed by atoms with Gasteiger partial charge in [0.25, 0.3) is 0 Å². The molecule has 1 heterocycles. The van der Waals surface area contributed by atoms with E-state index >= 15 is 0 Å². The number of hydrogen-bond acceptors (Lipinski definition) is 2. The molecule has 0 bridgehead atoms. The molecule has 1 aromatic rings. The summed E-state index contributed by atoms with van der Waals surface area (Å²) in [6.07, 6.45) is 6.36. The summed E-state index contributed by atoms with van der Waals surface area (Å²) in [6.45, 7) is 6.52. The van der Waals surface area contributed by atoms with E-state index in [1.54, 1.807) is 0 Å². The molecule has 0 spiro atoms. The molecule has 0 saturated carbocycles. The van der Waals surface area contributed by atoms with Gasteiger partial charge < -0.3 is 4.74 Å². The second-order valence-corrected chi connectivity index (χ2v) is 4.27. The van der Waals surface area contributed by atoms with Gasteiger partial charge in [0.05, 0.1) is 6.61 Å². The molecule has 1 aliphatic rings. The molecule has 0 N–H and O–H groups in total. The zero-order valence-corrected chi connectivity index (χ0v) is 10.8. The summed E-state index contributed by atoms with van der Waals surface area (Å²) >= 11 is 0. The highest BCUT2D eigenvalue weighted by Gasteiger charge is 2.30. The number of benzene rings is 1. The summed E-state index contributed by atoms with van der Waals surface area (Å²) < 4.78 is 5.34. The molecule has 18 heavy (non-hydrogen) atoms. The van der Waals surface area contributed by atoms with Crippen molar-refractivity contribution in [3.63, 3.8) is 0 Å². The molecule has 2 heteroatoms. The molecule has 2 rings (SSSR count). The van der Waals surface area contributed by atoms with Gasteiger partial charge in [0.1, 0.15) is 11.8 Å². The Kier molecular flexibility index (Phi) is 4.35. The van der Waals surface area contributed by atoms with Crippen LogP contribution in [0.3, 0.4) is 0 Å². The lowest BCUT2D eigenvalue weighted by Gasteiger charge is -2.03. The zero-order valence-electron chi connectivity index (χ0n) is 10.8. The number of aliphatic imine (C=N–C) groups is 1. The van der Waals surface area contributed by atoms with Gasteiger partial charge in [-0.2, -0.15) is 0 Å². The van der Waals surface area contributed by atoms with Crippen molar-refractivity contribution in [1.29, 1.82) is 0 Å². The Morgan fingerprint density at radius 2 is 2.17 bits per heavy atom. The van der Waals surface area contributed by atoms with Gasteiger partial charge >= 0.3 is 0 Å². The molecule has 0 aliphatic carbocycles. The van der Waals surface area contributed by atoms with Gasteiger partial charge in [0, 0.05) is 5.71 Å². The molecule has 1 aromatic carbocycles. The van der Waals surface area contributed by atoms with Crippen molar-refractivity contribution in [2.45, 2.75) is 25.8 Å². The molecule has 0 radical (unpaired) electrons. The highest BCUT2D eigenvalue weighted by atomic mass is 16.5. The maximum Gasteiger partial charge on any atom is 0.144 e. The maximum atomic E-state index is 5.34. The molecule has 1 aliphatic heterocycles. The van der Waals surface area contributed by atoms with Gasteiger partial charge in [0.15, 0.2) is 0 Å². The highest BCUT2D eigenvalue weighted by molar-refractivity contribution is 6.03. The summed E-state index contributed by atoms with van der Waals surface area (Å²) in [5.41, 5.74) is 2.46. The van der Waals surface area contributed by atoms with Crippen LogP contribution >= 0.6 is 0 Å². The molecule has 0 saturated heterocycles. The minimum absolute atomic E-state index is 0.162. The van der Waals surface area contributed by atoms with E-state index < -0.39 is 0 Å². The van der Waals surface area contributed by atoms with Crippen molar-refractivity contribution in [1.82, 2.24) is 0 Å². The number of allylic oxidation sites excluding steroid dienone is 1. The van der Waals surface area contributed by atoms with Crippen LogP contribution in [-0.4, -0.2) is 18.4 Å². The first-order chi connectivity index (χ1) is 8.81. The lowest BCUT2D eigenvalue weighted by molar-refractivity contribution is 0.225. The first kappa shape index (κ1) is 12.6. The average molecular weight is 241 g/mol. The molecule has 1 unspecified atom stereocenters. The Balaban J connectivity index is 1.67. The monoisotopic (exact) mass is 241 g/mol. The van der Waals surface area contributed by atoms with Crippen LogP contribution in [0.2, 0.25) is 0 Å². The number of nitrogens with zero attached hydrogens (tertiary/aromatic N) is 1. The SMILES string of the molecule is C=C(OCC)C1N=C1CC/C=C/c1ccccc1. The molecule has 0 amide bonds. The Morgan fingerprint density at radius 3 is 2.89 bits per heavy atom. The second-order valence-electron chi connectivity index (χ2n) is 4.27. The lowest BCUT2D eigenvalue weighted by atomic mass is 10.1. The fourth-order valence-corrected chi connectivity index (χ4v) is 1.87. The molecular formula is C16H19NO. The van der Waals surface area contributed by atoms with Crippen LogP contribution in [0.25, 0.3) is 6.08 Å². The third-order valence-corrected chi connectivity index (χ3v) is 2.85. The first-order valence-corrected chi connectivity index (χ1v) is 6.41. The Hall–Kier alpha value is -1.83. The third kappa shape index (κ3) is 3.59. The van der Waals surface area contributed by atoms with Crippen LogP contribution in [0.4, 0.5) is 0 Å². The van der Waals surface area contributed by atoms with Gasteiger partial charge in [-0.25, -0.2) is 0 Å². The number of ether oxygens (including phenoxy) is 1. The van der Waals surface area contributed by atoms with Crippen molar-refractivity contribution < 1.29 is 4.74 Å². The van der Waals surface area contributed by atoms with Gasteiger partial charge in [-0.1, -0.05) is 49.1 Å². The van der Waals surface area contributed by atoms with E-state index in [2.05, 4.69) is 35.9 Å². The summed E-state index contributed by atoms with van der Waals surface area (Å²) in [5.74, 6) is 0.791. The molecule has 94 valence electrons. The van der Waals surface area contributed by atoms with Gasteiger partial charge in [0.2, 0.25) is 0 Å². The topological polar surface area (TPSA) is 21.6 Å². The minimum atomic E-state index is 0.162. The quantitative estimate of drug-likeness (QED) is 0.664. The maximum absolute atomic E-state index is 5.34. The molecular weight excluding hydrogens is 222 g/mol. The summed E-state index contributed by atoms with van der Waals surface area (Å²) in [6, 6.07) is 10.5. The smallest absolute Gasteiger partial charge is 0.144 e. The van der Waals surface area contributed by atoms with Crippen LogP contribution in [-0.2, 0) is 4.74 Å². The third-order valence-electron chi connectivity index (χ3n) is 2.85. The van der Waals surface area contributed by atoms with Crippen LogP contribution < -0.4 is 0 Å². The van der Waals surface area contributed by atoms with Crippen LogP contribution in [0, 0.1) is 0 Å². The highest BCUT2D eigenvalue weighted by Crippen LogP contribution is 2.24. The number of rotatable bonds is 7. The molecule has 1 atom stereocenters. The molecule has 0 fully saturated rings. The van der Waals surface area contributed by atoms with Crippen molar-refractivity contribution in [3.05, 3.63) is 54.3 Å². The number of hydrogen-bond donors (Lipinski definition) is 0. The van der Waals surface area contributed by atoms with E-state index in [1.807, 2.05) is 25.1 Å². The van der Waals surface area contributed by atoms with E-state index in [1.165, 1.54) is 11.3 Å². The van der Waals surface area contributed by atoms with E-state index in [4.69, 9.17) is 4.74 Å². The Bertz CT molecular complexity index is 459. The van der Waals surface area contributed by atoms with Gasteiger partial charge in [-0.05, 0) is 25.3 Å². The van der Waals surface area contributed by atoms with Crippen molar-refractivity contribution >= 4 is 11.8 Å². The van der Waals surface area contributed by atoms with E-state index in [-0.39, 0.29) is 6.04 Å². The summed E-state index contributed by atoms with van der Waals surface area (Å²) in [4.78, 5) is 4.38. The minimum Gasteiger partial charge on any atom is -0.496 e. The molecule has 2 nitrogen and oxygen atoms in total. The van der Waals surface area contributed by atoms with Crippen molar-refractivity contribution in [3.8, 4) is 0 Å². The largest absolute Gasteiger partial charge is 0.496 e. The van der Waals surface area contributed by atoms with E-state index in [9.17, 15) is 0 Å². The second kappa shape index (κ2) is 6.20. The zero-order chi connectivity index (χ0) is 12.8. The molecule has 0 aromatic heterocycles. The fourth-order valence-electron chi connectivity index (χ4n) is 1.87. The van der Waals surface area contributed by atoms with Gasteiger partial charge in [-0.15, -0.1) is 0 Å². The predicted molar refractivity (Wildman–Crippen MR) is 76.7 cm³/mol. The first-order valence-electron chi connectivity index (χ1n) is 6.41. The lowest BCUT2D eigenvalue weighted by Crippen LogP contribution is -2.04. The normalized spacial score (nSPS) is 17.6. The Labute approximate surface area is 109 Å². The fraction of sp³-hybridized carbons (Fsp3) is 0.312. The van der Waals surface area contributed by atoms with Crippen LogP contribution in [0.15, 0.2) is 53.7 Å².